The maximum absolute atomic E-state index is 12.1. The van der Waals surface area contributed by atoms with Crippen molar-refractivity contribution in [1.29, 1.82) is 0 Å². The number of rotatable bonds is 4. The second kappa shape index (κ2) is 6.79. The van der Waals surface area contributed by atoms with Gasteiger partial charge in [-0.3, -0.25) is 9.79 Å². The summed E-state index contributed by atoms with van der Waals surface area (Å²) in [5.41, 5.74) is 1.82. The number of amides is 1. The first-order valence-corrected chi connectivity index (χ1v) is 7.95. The van der Waals surface area contributed by atoms with Gasteiger partial charge >= 0.3 is 0 Å². The number of aliphatic imine (C=N–C) groups is 1. The molecule has 0 fully saturated rings. The van der Waals surface area contributed by atoms with Crippen molar-refractivity contribution in [2.24, 2.45) is 4.99 Å². The first-order valence-electron chi connectivity index (χ1n) is 6.97. The summed E-state index contributed by atoms with van der Waals surface area (Å²) in [6.07, 6.45) is 0. The molecule has 1 aliphatic rings. The zero-order chi connectivity index (χ0) is 14.5. The summed E-state index contributed by atoms with van der Waals surface area (Å²) in [5, 5.41) is 3.57. The molecule has 0 aliphatic carbocycles. The van der Waals surface area contributed by atoms with E-state index >= 15 is 0 Å². The molecule has 2 rings (SSSR count). The maximum Gasteiger partial charge on any atom is 0.257 e. The molecule has 0 saturated carbocycles. The lowest BCUT2D eigenvalue weighted by molar-refractivity contribution is 0.0978. The van der Waals surface area contributed by atoms with Crippen molar-refractivity contribution < 1.29 is 4.79 Å². The molecule has 0 spiro atoms. The molecular formula is C15H21N3OS. The lowest BCUT2D eigenvalue weighted by Crippen LogP contribution is -2.30. The monoisotopic (exact) mass is 291 g/mol. The normalized spacial score (nSPS) is 14.3. The molecule has 1 aromatic carbocycles. The molecule has 4 nitrogen and oxygen atoms in total. The molecule has 0 bridgehead atoms. The molecule has 108 valence electrons. The summed E-state index contributed by atoms with van der Waals surface area (Å²) in [6, 6.07) is 8.19. The van der Waals surface area contributed by atoms with Gasteiger partial charge in [-0.25, -0.2) is 0 Å². The minimum Gasteiger partial charge on any atom is -0.369 e. The van der Waals surface area contributed by atoms with E-state index in [0.29, 0.717) is 11.6 Å². The predicted molar refractivity (Wildman–Crippen MR) is 86.8 cm³/mol. The highest BCUT2D eigenvalue weighted by atomic mass is 32.2. The fraction of sp³-hybridized carbons (Fsp3) is 0.467. The minimum atomic E-state index is -0.0858. The fourth-order valence-electron chi connectivity index (χ4n) is 2.23. The van der Waals surface area contributed by atoms with Gasteiger partial charge in [0, 0.05) is 29.6 Å². The summed E-state index contributed by atoms with van der Waals surface area (Å²) >= 11 is 1.59. The van der Waals surface area contributed by atoms with Gasteiger partial charge in [-0.2, -0.15) is 0 Å². The number of nitrogens with zero attached hydrogens (tertiary/aromatic N) is 2. The quantitative estimate of drug-likeness (QED) is 0.927. The van der Waals surface area contributed by atoms with E-state index in [1.165, 1.54) is 0 Å². The van der Waals surface area contributed by atoms with Gasteiger partial charge in [0.2, 0.25) is 0 Å². The van der Waals surface area contributed by atoms with E-state index in [4.69, 9.17) is 0 Å². The number of carbonyl (C=O) groups is 1. The van der Waals surface area contributed by atoms with Crippen LogP contribution in [-0.4, -0.2) is 36.0 Å². The van der Waals surface area contributed by atoms with Crippen molar-refractivity contribution in [3.8, 4) is 0 Å². The summed E-state index contributed by atoms with van der Waals surface area (Å²) < 4.78 is 0. The molecule has 5 heteroatoms. The molecule has 1 aliphatic heterocycles. The molecular weight excluding hydrogens is 270 g/mol. The third kappa shape index (κ3) is 3.54. The van der Waals surface area contributed by atoms with Crippen LogP contribution in [0.1, 0.15) is 31.1 Å². The van der Waals surface area contributed by atoms with Crippen molar-refractivity contribution in [3.63, 3.8) is 0 Å². The Labute approximate surface area is 124 Å². The van der Waals surface area contributed by atoms with E-state index in [0.717, 1.165) is 29.7 Å². The van der Waals surface area contributed by atoms with Gasteiger partial charge in [0.15, 0.2) is 5.17 Å². The van der Waals surface area contributed by atoms with Crippen molar-refractivity contribution in [2.75, 3.05) is 23.7 Å². The number of thioether (sulfide) groups is 1. The Morgan fingerprint density at radius 1 is 1.40 bits per heavy atom. The van der Waals surface area contributed by atoms with E-state index in [9.17, 15) is 4.79 Å². The number of hydrogen-bond donors (Lipinski definition) is 1. The Kier molecular flexibility index (Phi) is 5.06. The zero-order valence-corrected chi connectivity index (χ0v) is 13.0. The number of benzene rings is 1. The molecule has 1 aromatic rings. The summed E-state index contributed by atoms with van der Waals surface area (Å²) in [4.78, 5) is 18.6. The second-order valence-electron chi connectivity index (χ2n) is 4.92. The van der Waals surface area contributed by atoms with E-state index in [2.05, 4.69) is 36.0 Å². The smallest absolute Gasteiger partial charge is 0.257 e. The Balaban J connectivity index is 2.05. The van der Waals surface area contributed by atoms with E-state index < -0.39 is 0 Å². The third-order valence-electron chi connectivity index (χ3n) is 3.23. The van der Waals surface area contributed by atoms with Crippen LogP contribution in [-0.2, 0) is 0 Å². The van der Waals surface area contributed by atoms with Gasteiger partial charge in [-0.15, -0.1) is 0 Å². The van der Waals surface area contributed by atoms with Gasteiger partial charge in [-0.05, 0) is 45.0 Å². The molecule has 0 saturated heterocycles. The Morgan fingerprint density at radius 2 is 2.10 bits per heavy atom. The van der Waals surface area contributed by atoms with E-state index in [1.54, 1.807) is 11.8 Å². The van der Waals surface area contributed by atoms with Crippen LogP contribution in [0.3, 0.4) is 0 Å². The van der Waals surface area contributed by atoms with Crippen LogP contribution < -0.4 is 10.2 Å². The summed E-state index contributed by atoms with van der Waals surface area (Å²) in [5.74, 6) is 0.867. The van der Waals surface area contributed by atoms with Crippen LogP contribution in [0.25, 0.3) is 0 Å². The SMILES string of the molecule is CCN(c1ccc(C(=O)NC2=NCCS2)cc1)C(C)C. The minimum absolute atomic E-state index is 0.0858. The Morgan fingerprint density at radius 3 is 2.60 bits per heavy atom. The highest BCUT2D eigenvalue weighted by Gasteiger charge is 2.13. The van der Waals surface area contributed by atoms with Gasteiger partial charge in [0.25, 0.3) is 5.91 Å². The highest BCUT2D eigenvalue weighted by molar-refractivity contribution is 8.14. The topological polar surface area (TPSA) is 44.7 Å². The predicted octanol–water partition coefficient (Wildman–Crippen LogP) is 2.75. The lowest BCUT2D eigenvalue weighted by atomic mass is 10.1. The van der Waals surface area contributed by atoms with E-state index in [-0.39, 0.29) is 5.91 Å². The van der Waals surface area contributed by atoms with Crippen LogP contribution >= 0.6 is 11.8 Å². The Bertz CT molecular complexity index is 496. The average Bonchev–Trinajstić information content (AvgIpc) is 2.92. The number of anilines is 1. The van der Waals surface area contributed by atoms with Crippen LogP contribution in [0.5, 0.6) is 0 Å². The van der Waals surface area contributed by atoms with Gasteiger partial charge in [-0.1, -0.05) is 11.8 Å². The van der Waals surface area contributed by atoms with Crippen LogP contribution in [0.15, 0.2) is 29.3 Å². The number of nitrogens with one attached hydrogen (secondary N) is 1. The molecule has 0 atom stereocenters. The van der Waals surface area contributed by atoms with Gasteiger partial charge in [0.05, 0.1) is 6.54 Å². The molecule has 0 radical (unpaired) electrons. The summed E-state index contributed by atoms with van der Waals surface area (Å²) in [7, 11) is 0. The van der Waals surface area contributed by atoms with Crippen molar-refractivity contribution >= 4 is 28.5 Å². The molecule has 0 unspecified atom stereocenters. The average molecular weight is 291 g/mol. The van der Waals surface area contributed by atoms with Crippen LogP contribution in [0.2, 0.25) is 0 Å². The molecule has 1 heterocycles. The van der Waals surface area contributed by atoms with Crippen LogP contribution in [0, 0.1) is 0 Å². The van der Waals surface area contributed by atoms with Crippen molar-refractivity contribution in [3.05, 3.63) is 29.8 Å². The largest absolute Gasteiger partial charge is 0.369 e. The third-order valence-corrected chi connectivity index (χ3v) is 4.12. The molecule has 0 aromatic heterocycles. The molecule has 1 amide bonds. The van der Waals surface area contributed by atoms with Crippen molar-refractivity contribution in [1.82, 2.24) is 5.32 Å². The summed E-state index contributed by atoms with van der Waals surface area (Å²) in [6.45, 7) is 8.21. The number of carbonyl (C=O) groups excluding carboxylic acids is 1. The van der Waals surface area contributed by atoms with E-state index in [1.807, 2.05) is 24.3 Å². The standard InChI is InChI=1S/C15H21N3OS/c1-4-18(11(2)3)13-7-5-12(6-8-13)14(19)17-15-16-9-10-20-15/h5-8,11H,4,9-10H2,1-3H3,(H,16,17,19). The fourth-order valence-corrected chi connectivity index (χ4v) is 2.95. The van der Waals surface area contributed by atoms with Crippen molar-refractivity contribution in [2.45, 2.75) is 26.8 Å². The Hall–Kier alpha value is -1.49. The lowest BCUT2D eigenvalue weighted by Gasteiger charge is -2.27. The maximum atomic E-state index is 12.1. The number of hydrogen-bond acceptors (Lipinski definition) is 4. The first kappa shape index (κ1) is 14.9. The number of amidine groups is 1. The second-order valence-corrected chi connectivity index (χ2v) is 6.00. The van der Waals surface area contributed by atoms with Gasteiger partial charge < -0.3 is 10.2 Å². The molecule has 20 heavy (non-hydrogen) atoms. The molecule has 1 N–H and O–H groups in total. The van der Waals surface area contributed by atoms with Crippen LogP contribution in [0.4, 0.5) is 5.69 Å². The highest BCUT2D eigenvalue weighted by Crippen LogP contribution is 2.18. The first-order chi connectivity index (χ1) is 9.61. The zero-order valence-electron chi connectivity index (χ0n) is 12.2. The van der Waals surface area contributed by atoms with Gasteiger partial charge in [0.1, 0.15) is 0 Å².